The number of rotatable bonds is 0. The molecule has 0 spiro atoms. The van der Waals surface area contributed by atoms with Crippen LogP contribution in [0.1, 0.15) is 44.9 Å². The monoisotopic (exact) mass is 165 g/mol. The third-order valence-electron chi connectivity index (χ3n) is 4.34. The Labute approximate surface area is 75.1 Å². The maximum atomic E-state index is 2.85. The quantitative estimate of drug-likeness (QED) is 0.533. The summed E-state index contributed by atoms with van der Waals surface area (Å²) in [6.07, 6.45) is 10.6. The van der Waals surface area contributed by atoms with E-state index in [0.717, 1.165) is 18.0 Å². The van der Waals surface area contributed by atoms with E-state index in [-0.39, 0.29) is 0 Å². The van der Waals surface area contributed by atoms with Gasteiger partial charge >= 0.3 is 0 Å². The van der Waals surface area contributed by atoms with Crippen molar-refractivity contribution >= 4 is 0 Å². The minimum absolute atomic E-state index is 1.00. The van der Waals surface area contributed by atoms with Crippen LogP contribution in [0.15, 0.2) is 0 Å². The lowest BCUT2D eigenvalue weighted by molar-refractivity contribution is 0.0901. The van der Waals surface area contributed by atoms with Crippen LogP contribution < -0.4 is 0 Å². The molecule has 1 heteroatoms. The second-order valence-corrected chi connectivity index (χ2v) is 4.87. The van der Waals surface area contributed by atoms with Gasteiger partial charge in [0.15, 0.2) is 0 Å². The Morgan fingerprint density at radius 3 is 2.83 bits per heavy atom. The lowest BCUT2D eigenvalue weighted by atomic mass is 9.88. The van der Waals surface area contributed by atoms with E-state index in [0.29, 0.717) is 0 Å². The molecule has 1 aliphatic carbocycles. The van der Waals surface area contributed by atoms with E-state index in [1.165, 1.54) is 45.1 Å². The van der Waals surface area contributed by atoms with Crippen LogP contribution in [-0.2, 0) is 0 Å². The van der Waals surface area contributed by atoms with E-state index in [2.05, 4.69) is 4.90 Å². The minimum Gasteiger partial charge on any atom is -0.297 e. The van der Waals surface area contributed by atoms with Crippen LogP contribution >= 0.6 is 0 Å². The lowest BCUT2D eigenvalue weighted by Crippen LogP contribution is -2.45. The molecule has 0 radical (unpaired) electrons. The van der Waals surface area contributed by atoms with Gasteiger partial charge in [0.2, 0.25) is 0 Å². The maximum Gasteiger partial charge on any atom is 0.0126 e. The summed E-state index contributed by atoms with van der Waals surface area (Å²) in [6, 6.07) is 2.02. The van der Waals surface area contributed by atoms with Gasteiger partial charge < -0.3 is 0 Å². The number of piperidine rings is 1. The van der Waals surface area contributed by atoms with Gasteiger partial charge in [-0.25, -0.2) is 0 Å². The second kappa shape index (κ2) is 2.73. The second-order valence-electron chi connectivity index (χ2n) is 4.87. The van der Waals surface area contributed by atoms with Gasteiger partial charge in [-0.05, 0) is 51.0 Å². The van der Waals surface area contributed by atoms with E-state index in [9.17, 15) is 0 Å². The zero-order valence-corrected chi connectivity index (χ0v) is 7.84. The van der Waals surface area contributed by atoms with E-state index in [1.54, 1.807) is 6.42 Å². The molecule has 0 N–H and O–H groups in total. The molecule has 3 rings (SSSR count). The van der Waals surface area contributed by atoms with Gasteiger partial charge in [0, 0.05) is 12.1 Å². The molecule has 12 heavy (non-hydrogen) atoms. The van der Waals surface area contributed by atoms with Crippen LogP contribution in [0.25, 0.3) is 0 Å². The topological polar surface area (TPSA) is 3.24 Å². The predicted molar refractivity (Wildman–Crippen MR) is 50.1 cm³/mol. The molecule has 68 valence electrons. The van der Waals surface area contributed by atoms with Crippen molar-refractivity contribution in [2.45, 2.75) is 57.0 Å². The Hall–Kier alpha value is -0.0400. The van der Waals surface area contributed by atoms with Crippen molar-refractivity contribution in [2.24, 2.45) is 5.92 Å². The van der Waals surface area contributed by atoms with Gasteiger partial charge in [-0.2, -0.15) is 0 Å². The highest BCUT2D eigenvalue weighted by Gasteiger charge is 2.41. The molecule has 1 nitrogen and oxygen atoms in total. The predicted octanol–water partition coefficient (Wildman–Crippen LogP) is 2.41. The third-order valence-corrected chi connectivity index (χ3v) is 4.34. The van der Waals surface area contributed by atoms with Gasteiger partial charge in [0.05, 0.1) is 0 Å². The van der Waals surface area contributed by atoms with Gasteiger partial charge in [0.25, 0.3) is 0 Å². The van der Waals surface area contributed by atoms with Gasteiger partial charge in [-0.1, -0.05) is 6.42 Å². The van der Waals surface area contributed by atoms with E-state index >= 15 is 0 Å². The SMILES string of the molecule is C1CC2CCC3CCCN3C2C1. The summed E-state index contributed by atoms with van der Waals surface area (Å²) < 4.78 is 0. The fraction of sp³-hybridized carbons (Fsp3) is 1.00. The number of fused-ring (bicyclic) bond motifs is 3. The van der Waals surface area contributed by atoms with Crippen LogP contribution in [0, 0.1) is 5.92 Å². The lowest BCUT2D eigenvalue weighted by Gasteiger charge is -2.39. The Morgan fingerprint density at radius 1 is 0.833 bits per heavy atom. The van der Waals surface area contributed by atoms with Crippen molar-refractivity contribution in [3.63, 3.8) is 0 Å². The summed E-state index contributed by atoms with van der Waals surface area (Å²) in [7, 11) is 0. The summed E-state index contributed by atoms with van der Waals surface area (Å²) in [5, 5.41) is 0. The molecule has 3 atom stereocenters. The van der Waals surface area contributed by atoms with Crippen molar-refractivity contribution in [1.29, 1.82) is 0 Å². The highest BCUT2D eigenvalue weighted by atomic mass is 15.2. The molecule has 3 aliphatic rings. The van der Waals surface area contributed by atoms with Crippen molar-refractivity contribution in [3.05, 3.63) is 0 Å². The molecule has 1 saturated carbocycles. The van der Waals surface area contributed by atoms with E-state index < -0.39 is 0 Å². The minimum atomic E-state index is 1.00. The highest BCUT2D eigenvalue weighted by Crippen LogP contribution is 2.42. The molecule has 2 aliphatic heterocycles. The molecule has 0 aromatic rings. The van der Waals surface area contributed by atoms with E-state index in [4.69, 9.17) is 0 Å². The van der Waals surface area contributed by atoms with Crippen LogP contribution in [0.2, 0.25) is 0 Å². The van der Waals surface area contributed by atoms with Crippen LogP contribution in [0.4, 0.5) is 0 Å². The smallest absolute Gasteiger partial charge is 0.0126 e. The number of hydrogen-bond donors (Lipinski definition) is 0. The number of nitrogens with zero attached hydrogens (tertiary/aromatic N) is 1. The largest absolute Gasteiger partial charge is 0.297 e. The zero-order chi connectivity index (χ0) is 7.97. The molecule has 2 heterocycles. The molecular weight excluding hydrogens is 146 g/mol. The van der Waals surface area contributed by atoms with E-state index in [1.807, 2.05) is 0 Å². The van der Waals surface area contributed by atoms with Crippen molar-refractivity contribution in [3.8, 4) is 0 Å². The molecule has 3 fully saturated rings. The number of hydrogen-bond acceptors (Lipinski definition) is 1. The summed E-state index contributed by atoms with van der Waals surface area (Å²) in [5.41, 5.74) is 0. The summed E-state index contributed by atoms with van der Waals surface area (Å²) in [5.74, 6) is 1.10. The fourth-order valence-corrected chi connectivity index (χ4v) is 3.80. The summed E-state index contributed by atoms with van der Waals surface area (Å²) in [4.78, 5) is 2.85. The summed E-state index contributed by atoms with van der Waals surface area (Å²) >= 11 is 0. The first kappa shape index (κ1) is 7.37. The third kappa shape index (κ3) is 0.953. The molecule has 2 saturated heterocycles. The molecule has 0 bridgehead atoms. The first-order valence-corrected chi connectivity index (χ1v) is 5.71. The van der Waals surface area contributed by atoms with Crippen LogP contribution in [0.3, 0.4) is 0 Å². The molecular formula is C11H19N. The zero-order valence-electron chi connectivity index (χ0n) is 7.84. The normalized spacial score (nSPS) is 47.5. The Bertz CT molecular complexity index is 158. The van der Waals surface area contributed by atoms with Crippen molar-refractivity contribution in [2.75, 3.05) is 6.54 Å². The van der Waals surface area contributed by atoms with Gasteiger partial charge in [0.1, 0.15) is 0 Å². The molecule has 0 aromatic carbocycles. The standard InChI is InChI=1S/C11H19N/c1-3-9-6-7-10-4-2-8-12(10)11(9)5-1/h9-11H,1-8H2. The highest BCUT2D eigenvalue weighted by molar-refractivity contribution is 4.96. The van der Waals surface area contributed by atoms with Crippen LogP contribution in [-0.4, -0.2) is 23.5 Å². The van der Waals surface area contributed by atoms with Gasteiger partial charge in [-0.3, -0.25) is 4.90 Å². The average molecular weight is 165 g/mol. The Morgan fingerprint density at radius 2 is 1.83 bits per heavy atom. The molecule has 0 amide bonds. The average Bonchev–Trinajstić information content (AvgIpc) is 2.71. The van der Waals surface area contributed by atoms with Crippen LogP contribution in [0.5, 0.6) is 0 Å². The Kier molecular flexibility index (Phi) is 1.68. The fourth-order valence-electron chi connectivity index (χ4n) is 3.80. The molecule has 3 unspecified atom stereocenters. The summed E-state index contributed by atoms with van der Waals surface area (Å²) in [6.45, 7) is 1.42. The van der Waals surface area contributed by atoms with Gasteiger partial charge in [-0.15, -0.1) is 0 Å². The van der Waals surface area contributed by atoms with Crippen molar-refractivity contribution in [1.82, 2.24) is 4.90 Å². The maximum absolute atomic E-state index is 2.85. The molecule has 0 aromatic heterocycles. The first-order valence-electron chi connectivity index (χ1n) is 5.71. The van der Waals surface area contributed by atoms with Crippen molar-refractivity contribution < 1.29 is 0 Å². The first-order chi connectivity index (χ1) is 5.95. The Balaban J connectivity index is 1.81.